The van der Waals surface area contributed by atoms with Gasteiger partial charge in [-0.1, -0.05) is 11.8 Å². The van der Waals surface area contributed by atoms with E-state index in [0.29, 0.717) is 38.6 Å². The van der Waals surface area contributed by atoms with Crippen molar-refractivity contribution in [3.8, 4) is 11.1 Å². The SMILES string of the molecule is CSc1ncc2cc(-c3cc(NC(=O)Nc4cnn(C(C)(C)C)c4)c(F)cc3C)c(=O)n(C)c2n1. The third-order valence-corrected chi connectivity index (χ3v) is 6.05. The van der Waals surface area contributed by atoms with E-state index in [-0.39, 0.29) is 16.8 Å². The number of thioether (sulfide) groups is 1. The number of amides is 2. The fourth-order valence-electron chi connectivity index (χ4n) is 3.62. The number of urea groups is 1. The maximum absolute atomic E-state index is 14.8. The summed E-state index contributed by atoms with van der Waals surface area (Å²) >= 11 is 1.38. The number of anilines is 2. The molecule has 0 bridgehead atoms. The Bertz CT molecular complexity index is 1500. The third-order valence-electron chi connectivity index (χ3n) is 5.49. The topological polar surface area (TPSA) is 107 Å². The van der Waals surface area contributed by atoms with Gasteiger partial charge in [-0.3, -0.25) is 14.0 Å². The van der Waals surface area contributed by atoms with Crippen LogP contribution < -0.4 is 16.2 Å². The summed E-state index contributed by atoms with van der Waals surface area (Å²) < 4.78 is 17.9. The Hall–Kier alpha value is -3.73. The smallest absolute Gasteiger partial charge is 0.305 e. The summed E-state index contributed by atoms with van der Waals surface area (Å²) in [5.74, 6) is -0.614. The Labute approximate surface area is 205 Å². The number of halogens is 1. The molecule has 2 N–H and O–H groups in total. The van der Waals surface area contributed by atoms with E-state index in [0.717, 1.165) is 0 Å². The normalized spacial score (nSPS) is 11.6. The molecule has 0 aliphatic carbocycles. The maximum atomic E-state index is 14.8. The lowest BCUT2D eigenvalue weighted by atomic mass is 9.99. The Morgan fingerprint density at radius 1 is 1.11 bits per heavy atom. The van der Waals surface area contributed by atoms with Crippen molar-refractivity contribution in [2.24, 2.45) is 7.05 Å². The second kappa shape index (κ2) is 9.14. The van der Waals surface area contributed by atoms with Crippen LogP contribution >= 0.6 is 11.8 Å². The largest absolute Gasteiger partial charge is 0.323 e. The number of nitrogens with one attached hydrogen (secondary N) is 2. The summed E-state index contributed by atoms with van der Waals surface area (Å²) in [7, 11) is 1.63. The van der Waals surface area contributed by atoms with Gasteiger partial charge in [-0.2, -0.15) is 5.10 Å². The molecule has 1 aromatic carbocycles. The highest BCUT2D eigenvalue weighted by Crippen LogP contribution is 2.29. The number of carbonyl (C=O) groups is 1. The molecular formula is C24H26FN7O2S. The predicted octanol–water partition coefficient (Wildman–Crippen LogP) is 4.76. The van der Waals surface area contributed by atoms with Crippen molar-refractivity contribution in [2.75, 3.05) is 16.9 Å². The summed E-state index contributed by atoms with van der Waals surface area (Å²) in [4.78, 5) is 34.4. The zero-order valence-electron chi connectivity index (χ0n) is 20.3. The molecule has 0 aliphatic heterocycles. The lowest BCUT2D eigenvalue weighted by molar-refractivity contribution is 0.262. The van der Waals surface area contributed by atoms with E-state index in [1.165, 1.54) is 34.7 Å². The first-order chi connectivity index (χ1) is 16.5. The number of aromatic nitrogens is 5. The average Bonchev–Trinajstić information content (AvgIpc) is 3.27. The van der Waals surface area contributed by atoms with Gasteiger partial charge in [0, 0.05) is 30.4 Å². The Morgan fingerprint density at radius 2 is 1.86 bits per heavy atom. The van der Waals surface area contributed by atoms with E-state index in [9.17, 15) is 14.0 Å². The van der Waals surface area contributed by atoms with Crippen LogP contribution in [0.25, 0.3) is 22.2 Å². The molecule has 3 heterocycles. The molecule has 2 amide bonds. The lowest BCUT2D eigenvalue weighted by Crippen LogP contribution is -2.23. The number of hydrogen-bond acceptors (Lipinski definition) is 6. The molecule has 182 valence electrons. The standard InChI is InChI=1S/C24H26FN7O2S/c1-13-7-18(25)19(29-22(34)28-15-11-27-32(12-15)24(2,3)4)9-16(13)17-8-14-10-26-23(35-6)30-20(14)31(5)21(17)33/h7-12H,1-6H3,(H2,28,29,34). The summed E-state index contributed by atoms with van der Waals surface area (Å²) in [6.07, 6.45) is 6.72. The molecular weight excluding hydrogens is 469 g/mol. The zero-order chi connectivity index (χ0) is 25.5. The molecule has 0 radical (unpaired) electrons. The second-order valence-corrected chi connectivity index (χ2v) is 9.90. The minimum absolute atomic E-state index is 0.0533. The van der Waals surface area contributed by atoms with E-state index >= 15 is 0 Å². The van der Waals surface area contributed by atoms with E-state index in [1.54, 1.807) is 37.1 Å². The van der Waals surface area contributed by atoms with Gasteiger partial charge < -0.3 is 10.6 Å². The van der Waals surface area contributed by atoms with Crippen LogP contribution in [0.4, 0.5) is 20.6 Å². The van der Waals surface area contributed by atoms with Gasteiger partial charge in [-0.15, -0.1) is 0 Å². The zero-order valence-corrected chi connectivity index (χ0v) is 21.1. The molecule has 0 saturated carbocycles. The lowest BCUT2D eigenvalue weighted by Gasteiger charge is -2.18. The van der Waals surface area contributed by atoms with Gasteiger partial charge >= 0.3 is 6.03 Å². The Morgan fingerprint density at radius 3 is 2.51 bits per heavy atom. The van der Waals surface area contributed by atoms with Crippen molar-refractivity contribution < 1.29 is 9.18 Å². The molecule has 0 aliphatic rings. The third kappa shape index (κ3) is 4.90. The van der Waals surface area contributed by atoms with Gasteiger partial charge in [0.2, 0.25) is 0 Å². The fraction of sp³-hybridized carbons (Fsp3) is 0.292. The summed E-state index contributed by atoms with van der Waals surface area (Å²) in [5.41, 5.74) is 1.79. The molecule has 0 saturated heterocycles. The minimum atomic E-state index is -0.628. The van der Waals surface area contributed by atoms with Crippen LogP contribution in [0.5, 0.6) is 0 Å². The van der Waals surface area contributed by atoms with Crippen LogP contribution in [0.15, 0.2) is 46.7 Å². The van der Waals surface area contributed by atoms with Crippen LogP contribution in [0.1, 0.15) is 26.3 Å². The van der Waals surface area contributed by atoms with Crippen molar-refractivity contribution in [2.45, 2.75) is 38.4 Å². The van der Waals surface area contributed by atoms with E-state index in [2.05, 4.69) is 25.7 Å². The van der Waals surface area contributed by atoms with Gasteiger partial charge in [0.1, 0.15) is 11.5 Å². The van der Waals surface area contributed by atoms with Crippen LogP contribution in [0.2, 0.25) is 0 Å². The number of benzene rings is 1. The van der Waals surface area contributed by atoms with Crippen LogP contribution in [0.3, 0.4) is 0 Å². The van der Waals surface area contributed by atoms with E-state index in [4.69, 9.17) is 0 Å². The molecule has 3 aromatic heterocycles. The number of aryl methyl sites for hydroxylation is 2. The summed E-state index contributed by atoms with van der Waals surface area (Å²) in [6, 6.07) is 3.81. The van der Waals surface area contributed by atoms with Crippen LogP contribution in [-0.4, -0.2) is 36.6 Å². The highest BCUT2D eigenvalue weighted by molar-refractivity contribution is 7.98. The number of hydrogen-bond donors (Lipinski definition) is 2. The van der Waals surface area contributed by atoms with Gasteiger partial charge in [-0.05, 0) is 63.3 Å². The average molecular weight is 496 g/mol. The van der Waals surface area contributed by atoms with Gasteiger partial charge in [0.05, 0.1) is 23.1 Å². The molecule has 0 unspecified atom stereocenters. The monoisotopic (exact) mass is 495 g/mol. The predicted molar refractivity (Wildman–Crippen MR) is 137 cm³/mol. The summed E-state index contributed by atoms with van der Waals surface area (Å²) in [6.45, 7) is 7.66. The number of pyridine rings is 1. The number of nitrogens with zero attached hydrogens (tertiary/aromatic N) is 5. The van der Waals surface area contributed by atoms with Crippen molar-refractivity contribution >= 4 is 40.2 Å². The highest BCUT2D eigenvalue weighted by Gasteiger charge is 2.18. The quantitative estimate of drug-likeness (QED) is 0.312. The molecule has 9 nitrogen and oxygen atoms in total. The summed E-state index contributed by atoms with van der Waals surface area (Å²) in [5, 5.41) is 10.7. The molecule has 0 fully saturated rings. The Kier molecular flexibility index (Phi) is 6.37. The Balaban J connectivity index is 1.67. The van der Waals surface area contributed by atoms with Gasteiger partial charge in [0.15, 0.2) is 5.16 Å². The van der Waals surface area contributed by atoms with E-state index < -0.39 is 11.8 Å². The van der Waals surface area contributed by atoms with E-state index in [1.807, 2.05) is 27.0 Å². The minimum Gasteiger partial charge on any atom is -0.305 e. The molecule has 0 atom stereocenters. The van der Waals surface area contributed by atoms with Crippen LogP contribution in [-0.2, 0) is 12.6 Å². The number of fused-ring (bicyclic) bond motifs is 1. The molecule has 4 aromatic rings. The van der Waals surface area contributed by atoms with Crippen molar-refractivity contribution in [3.05, 3.63) is 58.5 Å². The number of carbonyl (C=O) groups excluding carboxylic acids is 1. The van der Waals surface area contributed by atoms with Crippen LogP contribution in [0, 0.1) is 12.7 Å². The first kappa shape index (κ1) is 24.4. The molecule has 0 spiro atoms. The van der Waals surface area contributed by atoms with Crippen molar-refractivity contribution in [3.63, 3.8) is 0 Å². The maximum Gasteiger partial charge on any atom is 0.323 e. The number of rotatable bonds is 4. The van der Waals surface area contributed by atoms with Gasteiger partial charge in [-0.25, -0.2) is 19.2 Å². The molecule has 35 heavy (non-hydrogen) atoms. The van der Waals surface area contributed by atoms with Gasteiger partial charge in [0.25, 0.3) is 5.56 Å². The first-order valence-electron chi connectivity index (χ1n) is 10.8. The van der Waals surface area contributed by atoms with Crippen molar-refractivity contribution in [1.82, 2.24) is 24.3 Å². The molecule has 4 rings (SSSR count). The second-order valence-electron chi connectivity index (χ2n) is 9.13. The molecule has 11 heteroatoms. The first-order valence-corrected chi connectivity index (χ1v) is 12.0. The highest BCUT2D eigenvalue weighted by atomic mass is 32.2. The van der Waals surface area contributed by atoms with Crippen molar-refractivity contribution in [1.29, 1.82) is 0 Å². The fourth-order valence-corrected chi connectivity index (χ4v) is 3.96.